The number of ether oxygens (including phenoxy) is 1. The van der Waals surface area contributed by atoms with Crippen LogP contribution in [0.25, 0.3) is 5.57 Å². The van der Waals surface area contributed by atoms with Crippen LogP contribution >= 0.6 is 0 Å². The number of hydrogen-bond donors (Lipinski definition) is 2. The second kappa shape index (κ2) is 6.01. The minimum absolute atomic E-state index is 0.300. The zero-order valence-corrected chi connectivity index (χ0v) is 14.0. The van der Waals surface area contributed by atoms with Crippen molar-refractivity contribution in [2.24, 2.45) is 0 Å². The third-order valence-electron chi connectivity index (χ3n) is 3.81. The molecule has 0 amide bonds. The number of benzene rings is 2. The molecule has 120 valence electrons. The SMILES string of the molecule is CCOC(=O)C1=C(C)N[SH](=O)(c2ccccc2)c2ccccc21. The monoisotopic (exact) mass is 329 g/mol. The van der Waals surface area contributed by atoms with Gasteiger partial charge in [-0.15, -0.1) is 0 Å². The lowest BCUT2D eigenvalue weighted by molar-refractivity contribution is -0.136. The lowest BCUT2D eigenvalue weighted by Crippen LogP contribution is -2.36. The maximum absolute atomic E-state index is 13.7. The Hall–Kier alpha value is -2.40. The normalized spacial score (nSPS) is 17.0. The average Bonchev–Trinajstić information content (AvgIpc) is 2.56. The zero-order valence-electron chi connectivity index (χ0n) is 13.1. The first-order valence-corrected chi connectivity index (χ1v) is 9.20. The van der Waals surface area contributed by atoms with Crippen LogP contribution in [0, 0.1) is 0 Å². The lowest BCUT2D eigenvalue weighted by atomic mass is 10.0. The van der Waals surface area contributed by atoms with E-state index in [4.69, 9.17) is 4.74 Å². The number of fused-ring (bicyclic) bond motifs is 1. The van der Waals surface area contributed by atoms with Crippen LogP contribution in [-0.2, 0) is 19.7 Å². The van der Waals surface area contributed by atoms with E-state index in [0.717, 1.165) is 4.90 Å². The summed E-state index contributed by atoms with van der Waals surface area (Å²) < 4.78 is 21.9. The number of carbonyl (C=O) groups is 1. The average molecular weight is 329 g/mol. The molecule has 2 aromatic rings. The molecule has 0 atom stereocenters. The van der Waals surface area contributed by atoms with Crippen molar-refractivity contribution in [1.82, 2.24) is 4.72 Å². The Bertz CT molecular complexity index is 827. The van der Waals surface area contributed by atoms with Crippen LogP contribution in [0.2, 0.25) is 0 Å². The fourth-order valence-corrected chi connectivity index (χ4v) is 5.35. The van der Waals surface area contributed by atoms with Crippen LogP contribution < -0.4 is 4.72 Å². The molecule has 1 heterocycles. The van der Waals surface area contributed by atoms with Gasteiger partial charge < -0.3 is 9.46 Å². The fourth-order valence-electron chi connectivity index (χ4n) is 2.82. The molecular formula is C18H19NO3S. The molecule has 5 heteroatoms. The van der Waals surface area contributed by atoms with Crippen LogP contribution in [0.5, 0.6) is 0 Å². The number of rotatable bonds is 3. The van der Waals surface area contributed by atoms with E-state index in [-0.39, 0.29) is 0 Å². The number of esters is 1. The molecule has 2 aromatic carbocycles. The summed E-state index contributed by atoms with van der Waals surface area (Å²) in [5.41, 5.74) is 1.70. The Kier molecular flexibility index (Phi) is 4.05. The number of hydrogen-bond acceptors (Lipinski definition) is 3. The second-order valence-corrected chi connectivity index (χ2v) is 7.73. The van der Waals surface area contributed by atoms with Crippen molar-refractivity contribution >= 4 is 21.7 Å². The van der Waals surface area contributed by atoms with E-state index in [1.54, 1.807) is 13.8 Å². The van der Waals surface area contributed by atoms with Crippen molar-refractivity contribution in [2.75, 3.05) is 6.61 Å². The third kappa shape index (κ3) is 2.57. The molecule has 1 aliphatic heterocycles. The molecule has 0 aliphatic carbocycles. The first-order valence-electron chi connectivity index (χ1n) is 7.50. The van der Waals surface area contributed by atoms with Gasteiger partial charge in [-0.1, -0.05) is 36.4 Å². The topological polar surface area (TPSA) is 55.4 Å². The Labute approximate surface area is 136 Å². The molecule has 1 aliphatic rings. The highest BCUT2D eigenvalue weighted by Gasteiger charge is 2.33. The molecule has 0 saturated heterocycles. The van der Waals surface area contributed by atoms with Crippen LogP contribution in [0.1, 0.15) is 19.4 Å². The van der Waals surface area contributed by atoms with Gasteiger partial charge >= 0.3 is 5.97 Å². The molecule has 3 rings (SSSR count). The molecule has 0 aromatic heterocycles. The zero-order chi connectivity index (χ0) is 16.4. The number of nitrogens with one attached hydrogen (secondary N) is 1. The fraction of sp³-hybridized carbons (Fsp3) is 0.167. The van der Waals surface area contributed by atoms with Crippen molar-refractivity contribution in [3.05, 3.63) is 65.9 Å². The highest BCUT2D eigenvalue weighted by Crippen LogP contribution is 2.38. The summed E-state index contributed by atoms with van der Waals surface area (Å²) in [6.45, 7) is 3.83. The minimum atomic E-state index is -3.02. The molecule has 4 nitrogen and oxygen atoms in total. The summed E-state index contributed by atoms with van der Waals surface area (Å²) in [7, 11) is -3.02. The van der Waals surface area contributed by atoms with Crippen LogP contribution in [0.15, 0.2) is 70.1 Å². The molecule has 0 fully saturated rings. The number of carbonyl (C=O) groups excluding carboxylic acids is 1. The molecule has 0 bridgehead atoms. The smallest absolute Gasteiger partial charge is 0.340 e. The molecule has 1 N–H and O–H groups in total. The van der Waals surface area contributed by atoms with Gasteiger partial charge in [0.1, 0.15) is 0 Å². The van der Waals surface area contributed by atoms with Crippen LogP contribution in [0.3, 0.4) is 0 Å². The van der Waals surface area contributed by atoms with E-state index in [0.29, 0.717) is 28.3 Å². The van der Waals surface area contributed by atoms with Crippen molar-refractivity contribution < 1.29 is 13.7 Å². The summed E-state index contributed by atoms with van der Waals surface area (Å²) in [6.07, 6.45) is 0. The molecule has 23 heavy (non-hydrogen) atoms. The molecule has 0 radical (unpaired) electrons. The van der Waals surface area contributed by atoms with E-state index in [1.807, 2.05) is 54.6 Å². The molecule has 0 spiro atoms. The van der Waals surface area contributed by atoms with Crippen molar-refractivity contribution in [1.29, 1.82) is 0 Å². The highest BCUT2D eigenvalue weighted by atomic mass is 32.3. The van der Waals surface area contributed by atoms with Gasteiger partial charge in [0, 0.05) is 31.2 Å². The summed E-state index contributed by atoms with van der Waals surface area (Å²) in [4.78, 5) is 13.7. The van der Waals surface area contributed by atoms with E-state index in [2.05, 4.69) is 4.72 Å². The molecule has 0 saturated carbocycles. The predicted molar refractivity (Wildman–Crippen MR) is 91.3 cm³/mol. The molecular weight excluding hydrogens is 310 g/mol. The molecule has 0 unspecified atom stereocenters. The lowest BCUT2D eigenvalue weighted by Gasteiger charge is -2.34. The summed E-state index contributed by atoms with van der Waals surface area (Å²) in [5.74, 6) is -0.399. The van der Waals surface area contributed by atoms with Gasteiger partial charge in [-0.05, 0) is 32.0 Å². The van der Waals surface area contributed by atoms with Crippen LogP contribution in [-0.4, -0.2) is 16.8 Å². The Morgan fingerprint density at radius 3 is 2.43 bits per heavy atom. The van der Waals surface area contributed by atoms with Gasteiger partial charge in [-0.3, -0.25) is 4.21 Å². The second-order valence-electron chi connectivity index (χ2n) is 5.29. The van der Waals surface area contributed by atoms with Gasteiger partial charge in [-0.2, -0.15) is 0 Å². The number of thiol groups is 1. The van der Waals surface area contributed by atoms with Crippen molar-refractivity contribution in [2.45, 2.75) is 23.6 Å². The summed E-state index contributed by atoms with van der Waals surface area (Å²) >= 11 is 0. The van der Waals surface area contributed by atoms with Crippen LogP contribution in [0.4, 0.5) is 0 Å². The maximum atomic E-state index is 13.7. The Morgan fingerprint density at radius 1 is 1.09 bits per heavy atom. The van der Waals surface area contributed by atoms with Crippen molar-refractivity contribution in [3.8, 4) is 0 Å². The largest absolute Gasteiger partial charge is 0.462 e. The Balaban J connectivity index is 2.21. The van der Waals surface area contributed by atoms with Gasteiger partial charge in [0.2, 0.25) is 0 Å². The van der Waals surface area contributed by atoms with Gasteiger partial charge in [0.05, 0.1) is 12.2 Å². The van der Waals surface area contributed by atoms with E-state index in [1.165, 1.54) is 0 Å². The van der Waals surface area contributed by atoms with Gasteiger partial charge in [0.25, 0.3) is 0 Å². The quantitative estimate of drug-likeness (QED) is 0.672. The predicted octanol–water partition coefficient (Wildman–Crippen LogP) is 2.93. The minimum Gasteiger partial charge on any atom is -0.462 e. The highest BCUT2D eigenvalue weighted by molar-refractivity contribution is 8.01. The van der Waals surface area contributed by atoms with E-state index in [9.17, 15) is 9.00 Å². The van der Waals surface area contributed by atoms with Gasteiger partial charge in [-0.25, -0.2) is 4.79 Å². The first-order chi connectivity index (χ1) is 11.1. The Morgan fingerprint density at radius 2 is 1.74 bits per heavy atom. The van der Waals surface area contributed by atoms with E-state index >= 15 is 0 Å². The summed E-state index contributed by atoms with van der Waals surface area (Å²) in [6, 6.07) is 16.6. The summed E-state index contributed by atoms with van der Waals surface area (Å²) in [5, 5.41) is 0. The van der Waals surface area contributed by atoms with E-state index < -0.39 is 16.1 Å². The van der Waals surface area contributed by atoms with Gasteiger partial charge in [0.15, 0.2) is 0 Å². The number of allylic oxidation sites excluding steroid dienone is 1. The maximum Gasteiger partial charge on any atom is 0.340 e. The first kappa shape index (κ1) is 15.5. The standard InChI is InChI=1S/C18H19NO3S/c1-3-22-18(20)17-13(2)19-23(21,14-9-5-4-6-10-14)16-12-8-7-11-15(16)17/h4-12,23H,3H2,1-2H3,(H,19,21). The van der Waals surface area contributed by atoms with Crippen molar-refractivity contribution in [3.63, 3.8) is 0 Å². The third-order valence-corrected chi connectivity index (χ3v) is 6.56.